The van der Waals surface area contributed by atoms with Gasteiger partial charge in [0.1, 0.15) is 0 Å². The molecule has 2 heterocycles. The minimum Gasteiger partial charge on any atom is -0.342 e. The topological polar surface area (TPSA) is 32.3 Å². The van der Waals surface area contributed by atoms with Crippen molar-refractivity contribution in [2.45, 2.75) is 32.1 Å². The van der Waals surface area contributed by atoms with Gasteiger partial charge in [0.2, 0.25) is 5.91 Å². The summed E-state index contributed by atoms with van der Waals surface area (Å²) in [5.41, 5.74) is 0.557. The van der Waals surface area contributed by atoms with E-state index in [1.165, 1.54) is 25.7 Å². The molecule has 1 N–H and O–H groups in total. The zero-order chi connectivity index (χ0) is 10.3. The number of nitrogens with zero attached hydrogens (tertiary/aromatic N) is 1. The van der Waals surface area contributed by atoms with Crippen LogP contribution in [0, 0.1) is 11.3 Å². The molecule has 2 saturated heterocycles. The summed E-state index contributed by atoms with van der Waals surface area (Å²) in [5.74, 6) is 0.698. The second-order valence-corrected chi connectivity index (χ2v) is 5.55. The van der Waals surface area contributed by atoms with Crippen LogP contribution in [-0.4, -0.2) is 37.0 Å². The molecule has 1 spiro atoms. The molecule has 1 aliphatic carbocycles. The van der Waals surface area contributed by atoms with Crippen LogP contribution in [0.3, 0.4) is 0 Å². The zero-order valence-electron chi connectivity index (χ0n) is 9.30. The number of hydrogen-bond donors (Lipinski definition) is 1. The van der Waals surface area contributed by atoms with E-state index in [1.54, 1.807) is 0 Å². The number of amides is 1. The molecule has 3 aliphatic rings. The van der Waals surface area contributed by atoms with Gasteiger partial charge in [-0.3, -0.25) is 4.79 Å². The normalized spacial score (nSPS) is 33.3. The van der Waals surface area contributed by atoms with E-state index >= 15 is 0 Å². The van der Waals surface area contributed by atoms with Crippen molar-refractivity contribution in [3.63, 3.8) is 0 Å². The Bertz CT molecular complexity index is 267. The largest absolute Gasteiger partial charge is 0.342 e. The molecule has 3 nitrogen and oxygen atoms in total. The van der Waals surface area contributed by atoms with Crippen molar-refractivity contribution < 1.29 is 4.79 Å². The number of hydrogen-bond acceptors (Lipinski definition) is 2. The van der Waals surface area contributed by atoms with E-state index in [0.29, 0.717) is 11.3 Å². The Labute approximate surface area is 91.2 Å². The van der Waals surface area contributed by atoms with Gasteiger partial charge in [0.25, 0.3) is 0 Å². The molecule has 1 atom stereocenters. The Balaban J connectivity index is 1.61. The van der Waals surface area contributed by atoms with Gasteiger partial charge in [-0.1, -0.05) is 6.42 Å². The Hall–Kier alpha value is -0.570. The minimum atomic E-state index is 0.278. The smallest absolute Gasteiger partial charge is 0.227 e. The Morgan fingerprint density at radius 3 is 2.73 bits per heavy atom. The summed E-state index contributed by atoms with van der Waals surface area (Å²) in [7, 11) is 0. The van der Waals surface area contributed by atoms with Gasteiger partial charge < -0.3 is 10.2 Å². The highest BCUT2D eigenvalue weighted by atomic mass is 16.2. The first-order valence-electron chi connectivity index (χ1n) is 6.29. The average molecular weight is 208 g/mol. The monoisotopic (exact) mass is 208 g/mol. The summed E-state index contributed by atoms with van der Waals surface area (Å²) in [5, 5.41) is 3.28. The average Bonchev–Trinajstić information content (AvgIpc) is 2.85. The van der Waals surface area contributed by atoms with E-state index in [1.807, 2.05) is 0 Å². The Kier molecular flexibility index (Phi) is 2.23. The van der Waals surface area contributed by atoms with Gasteiger partial charge in [0.05, 0.1) is 5.92 Å². The SMILES string of the molecule is O=C([C@@H]1CCNC1)N1CCC2(CCC2)C1. The molecule has 1 saturated carbocycles. The molecule has 15 heavy (non-hydrogen) atoms. The van der Waals surface area contributed by atoms with Crippen LogP contribution in [0.15, 0.2) is 0 Å². The molecule has 0 aromatic heterocycles. The van der Waals surface area contributed by atoms with E-state index in [4.69, 9.17) is 0 Å². The maximum Gasteiger partial charge on any atom is 0.227 e. The Morgan fingerprint density at radius 2 is 2.20 bits per heavy atom. The predicted molar refractivity (Wildman–Crippen MR) is 58.5 cm³/mol. The van der Waals surface area contributed by atoms with E-state index < -0.39 is 0 Å². The molecule has 0 radical (unpaired) electrons. The van der Waals surface area contributed by atoms with Crippen molar-refractivity contribution in [3.05, 3.63) is 0 Å². The molecule has 84 valence electrons. The summed E-state index contributed by atoms with van der Waals surface area (Å²) < 4.78 is 0. The second-order valence-electron chi connectivity index (χ2n) is 5.55. The van der Waals surface area contributed by atoms with Crippen molar-refractivity contribution in [1.29, 1.82) is 0 Å². The van der Waals surface area contributed by atoms with Crippen LogP contribution in [0.2, 0.25) is 0 Å². The summed E-state index contributed by atoms with van der Waals surface area (Å²) >= 11 is 0. The molecule has 0 aromatic carbocycles. The molecule has 0 unspecified atom stereocenters. The maximum atomic E-state index is 12.2. The summed E-state index contributed by atoms with van der Waals surface area (Å²) in [6.45, 7) is 4.01. The van der Waals surface area contributed by atoms with Gasteiger partial charge in [0.15, 0.2) is 0 Å². The summed E-state index contributed by atoms with van der Waals surface area (Å²) in [6, 6.07) is 0. The molecule has 3 fully saturated rings. The lowest BCUT2D eigenvalue weighted by Gasteiger charge is -2.38. The molecule has 2 aliphatic heterocycles. The van der Waals surface area contributed by atoms with Crippen LogP contribution in [-0.2, 0) is 4.79 Å². The van der Waals surface area contributed by atoms with E-state index in [2.05, 4.69) is 10.2 Å². The van der Waals surface area contributed by atoms with Gasteiger partial charge >= 0.3 is 0 Å². The molecular weight excluding hydrogens is 188 g/mol. The van der Waals surface area contributed by atoms with Crippen molar-refractivity contribution >= 4 is 5.91 Å². The fourth-order valence-corrected chi connectivity index (χ4v) is 3.33. The van der Waals surface area contributed by atoms with Gasteiger partial charge in [-0.2, -0.15) is 0 Å². The lowest BCUT2D eigenvalue weighted by Crippen LogP contribution is -2.39. The third-order valence-corrected chi connectivity index (χ3v) is 4.57. The molecule has 3 rings (SSSR count). The van der Waals surface area contributed by atoms with Crippen LogP contribution in [0.4, 0.5) is 0 Å². The number of carbonyl (C=O) groups excluding carboxylic acids is 1. The number of rotatable bonds is 1. The quantitative estimate of drug-likeness (QED) is 0.697. The highest BCUT2D eigenvalue weighted by Crippen LogP contribution is 2.48. The van der Waals surface area contributed by atoms with E-state index in [9.17, 15) is 4.79 Å². The maximum absolute atomic E-state index is 12.2. The first-order chi connectivity index (χ1) is 7.29. The highest BCUT2D eigenvalue weighted by molar-refractivity contribution is 5.79. The van der Waals surface area contributed by atoms with Crippen molar-refractivity contribution in [1.82, 2.24) is 10.2 Å². The first-order valence-corrected chi connectivity index (χ1v) is 6.29. The molecular formula is C12H20N2O. The highest BCUT2D eigenvalue weighted by Gasteiger charge is 2.45. The predicted octanol–water partition coefficient (Wildman–Crippen LogP) is 0.998. The standard InChI is InChI=1S/C12H20N2O/c15-11(10-2-6-13-8-10)14-7-5-12(9-14)3-1-4-12/h10,13H,1-9H2/t10-/m1/s1. The molecule has 1 amide bonds. The van der Waals surface area contributed by atoms with E-state index in [-0.39, 0.29) is 5.92 Å². The van der Waals surface area contributed by atoms with Crippen molar-refractivity contribution in [2.24, 2.45) is 11.3 Å². The number of likely N-dealkylation sites (tertiary alicyclic amines) is 1. The van der Waals surface area contributed by atoms with Gasteiger partial charge in [-0.25, -0.2) is 0 Å². The lowest BCUT2D eigenvalue weighted by molar-refractivity contribution is -0.134. The summed E-state index contributed by atoms with van der Waals surface area (Å²) in [6.07, 6.45) is 6.41. The molecule has 3 heteroatoms. The van der Waals surface area contributed by atoms with E-state index in [0.717, 1.165) is 32.6 Å². The van der Waals surface area contributed by atoms with Crippen molar-refractivity contribution in [2.75, 3.05) is 26.2 Å². The number of carbonyl (C=O) groups is 1. The third-order valence-electron chi connectivity index (χ3n) is 4.57. The van der Waals surface area contributed by atoms with Crippen LogP contribution in [0.1, 0.15) is 32.1 Å². The first kappa shape index (κ1) is 9.64. The minimum absolute atomic E-state index is 0.278. The third kappa shape index (κ3) is 1.57. The van der Waals surface area contributed by atoms with Crippen LogP contribution >= 0.6 is 0 Å². The zero-order valence-corrected chi connectivity index (χ0v) is 9.30. The van der Waals surface area contributed by atoms with Crippen LogP contribution < -0.4 is 5.32 Å². The molecule has 0 bridgehead atoms. The van der Waals surface area contributed by atoms with Gasteiger partial charge in [-0.15, -0.1) is 0 Å². The Morgan fingerprint density at radius 1 is 1.33 bits per heavy atom. The van der Waals surface area contributed by atoms with Crippen molar-refractivity contribution in [3.8, 4) is 0 Å². The van der Waals surface area contributed by atoms with Crippen LogP contribution in [0.25, 0.3) is 0 Å². The fraction of sp³-hybridized carbons (Fsp3) is 0.917. The molecule has 0 aromatic rings. The lowest BCUT2D eigenvalue weighted by atomic mass is 9.68. The second kappa shape index (κ2) is 3.48. The van der Waals surface area contributed by atoms with Gasteiger partial charge in [-0.05, 0) is 37.6 Å². The fourth-order valence-electron chi connectivity index (χ4n) is 3.33. The van der Waals surface area contributed by atoms with Crippen LogP contribution in [0.5, 0.6) is 0 Å². The summed E-state index contributed by atoms with van der Waals surface area (Å²) in [4.78, 5) is 14.3. The number of nitrogens with one attached hydrogen (secondary N) is 1. The van der Waals surface area contributed by atoms with Gasteiger partial charge in [0, 0.05) is 19.6 Å².